The highest BCUT2D eigenvalue weighted by Gasteiger charge is 2.30. The molecule has 1 aliphatic carbocycles. The van der Waals surface area contributed by atoms with E-state index in [1.165, 1.54) is 35.3 Å². The summed E-state index contributed by atoms with van der Waals surface area (Å²) in [5.41, 5.74) is 5.20. The summed E-state index contributed by atoms with van der Waals surface area (Å²) in [7, 11) is 1.99. The van der Waals surface area contributed by atoms with Crippen LogP contribution in [0.3, 0.4) is 0 Å². The van der Waals surface area contributed by atoms with Gasteiger partial charge in [-0.05, 0) is 37.7 Å². The highest BCUT2D eigenvalue weighted by atomic mass is 15.3. The number of hydrogen-bond acceptors (Lipinski definition) is 2. The Morgan fingerprint density at radius 1 is 1.25 bits per heavy atom. The number of aryl methyl sites for hydroxylation is 3. The lowest BCUT2D eigenvalue weighted by atomic mass is 9.75. The third-order valence-corrected chi connectivity index (χ3v) is 4.29. The molecular formula is C17H23N3. The van der Waals surface area contributed by atoms with Crippen LogP contribution < -0.4 is 5.32 Å². The van der Waals surface area contributed by atoms with E-state index in [9.17, 15) is 0 Å². The van der Waals surface area contributed by atoms with Gasteiger partial charge in [-0.1, -0.05) is 36.8 Å². The van der Waals surface area contributed by atoms with Gasteiger partial charge < -0.3 is 5.32 Å². The second-order valence-electron chi connectivity index (χ2n) is 5.94. The number of aromatic nitrogens is 2. The molecule has 1 aliphatic rings. The van der Waals surface area contributed by atoms with E-state index < -0.39 is 0 Å². The van der Waals surface area contributed by atoms with Crippen molar-refractivity contribution >= 4 is 5.69 Å². The molecule has 0 saturated heterocycles. The van der Waals surface area contributed by atoms with Gasteiger partial charge in [0.2, 0.25) is 0 Å². The number of hydrogen-bond donors (Lipinski definition) is 1. The maximum Gasteiger partial charge on any atom is 0.0853 e. The van der Waals surface area contributed by atoms with Gasteiger partial charge in [-0.3, -0.25) is 4.68 Å². The lowest BCUT2D eigenvalue weighted by Crippen LogP contribution is -2.34. The van der Waals surface area contributed by atoms with Crippen molar-refractivity contribution in [1.82, 2.24) is 9.78 Å². The third-order valence-electron chi connectivity index (χ3n) is 4.29. The molecule has 0 radical (unpaired) electrons. The number of anilines is 1. The maximum atomic E-state index is 4.48. The summed E-state index contributed by atoms with van der Waals surface area (Å²) >= 11 is 0. The second-order valence-corrected chi connectivity index (χ2v) is 5.94. The van der Waals surface area contributed by atoms with Gasteiger partial charge in [-0.2, -0.15) is 5.10 Å². The lowest BCUT2D eigenvalue weighted by molar-refractivity contribution is 0.374. The van der Waals surface area contributed by atoms with Crippen molar-refractivity contribution < 1.29 is 0 Å². The van der Waals surface area contributed by atoms with Crippen molar-refractivity contribution in [2.75, 3.05) is 5.32 Å². The van der Waals surface area contributed by atoms with Crippen molar-refractivity contribution in [2.45, 2.75) is 45.1 Å². The summed E-state index contributed by atoms with van der Waals surface area (Å²) in [6.07, 6.45) is 5.53. The van der Waals surface area contributed by atoms with Gasteiger partial charge in [-0.15, -0.1) is 0 Å². The van der Waals surface area contributed by atoms with Crippen molar-refractivity contribution in [2.24, 2.45) is 7.05 Å². The molecule has 1 N–H and O–H groups in total. The van der Waals surface area contributed by atoms with Crippen molar-refractivity contribution in [3.05, 3.63) is 47.3 Å². The first-order valence-corrected chi connectivity index (χ1v) is 7.51. The highest BCUT2D eigenvalue weighted by Crippen LogP contribution is 2.38. The molecule has 3 rings (SSSR count). The molecule has 20 heavy (non-hydrogen) atoms. The van der Waals surface area contributed by atoms with Gasteiger partial charge in [0.25, 0.3) is 0 Å². The van der Waals surface area contributed by atoms with E-state index in [-0.39, 0.29) is 0 Å². The summed E-state index contributed by atoms with van der Waals surface area (Å²) in [5.74, 6) is 0.717. The molecule has 0 aliphatic heterocycles. The minimum absolute atomic E-state index is 0.593. The quantitative estimate of drug-likeness (QED) is 0.918. The smallest absolute Gasteiger partial charge is 0.0853 e. The van der Waals surface area contributed by atoms with E-state index in [4.69, 9.17) is 0 Å². The molecule has 1 aromatic carbocycles. The van der Waals surface area contributed by atoms with E-state index in [1.54, 1.807) is 0 Å². The molecule has 1 saturated carbocycles. The van der Waals surface area contributed by atoms with E-state index in [0.29, 0.717) is 6.04 Å². The van der Waals surface area contributed by atoms with Gasteiger partial charge in [0, 0.05) is 19.3 Å². The Labute approximate surface area is 121 Å². The molecule has 1 fully saturated rings. The van der Waals surface area contributed by atoms with Crippen LogP contribution in [0.25, 0.3) is 0 Å². The van der Waals surface area contributed by atoms with Crippen LogP contribution >= 0.6 is 0 Å². The number of nitrogens with zero attached hydrogens (tertiary/aromatic N) is 2. The Kier molecular flexibility index (Phi) is 3.51. The van der Waals surface area contributed by atoms with Crippen LogP contribution in [0.1, 0.15) is 42.5 Å². The lowest BCUT2D eigenvalue weighted by Gasteiger charge is -2.36. The van der Waals surface area contributed by atoms with Crippen LogP contribution in [0.2, 0.25) is 0 Å². The van der Waals surface area contributed by atoms with E-state index >= 15 is 0 Å². The Balaban J connectivity index is 1.59. The van der Waals surface area contributed by atoms with Gasteiger partial charge in [-0.25, -0.2) is 0 Å². The van der Waals surface area contributed by atoms with Gasteiger partial charge in [0.05, 0.1) is 11.4 Å². The first kappa shape index (κ1) is 13.2. The predicted octanol–water partition coefficient (Wildman–Crippen LogP) is 3.65. The summed E-state index contributed by atoms with van der Waals surface area (Å²) in [5, 5.41) is 8.13. The zero-order chi connectivity index (χ0) is 14.1. The molecular weight excluding hydrogens is 246 g/mol. The average molecular weight is 269 g/mol. The molecule has 106 valence electrons. The Bertz CT molecular complexity index is 577. The molecule has 3 nitrogen and oxygen atoms in total. The van der Waals surface area contributed by atoms with Crippen molar-refractivity contribution in [3.63, 3.8) is 0 Å². The monoisotopic (exact) mass is 269 g/mol. The minimum Gasteiger partial charge on any atom is -0.380 e. The Hall–Kier alpha value is -1.77. The van der Waals surface area contributed by atoms with Crippen molar-refractivity contribution in [1.29, 1.82) is 0 Å². The van der Waals surface area contributed by atoms with Crippen LogP contribution in [0, 0.1) is 6.92 Å². The summed E-state index contributed by atoms with van der Waals surface area (Å²) in [4.78, 5) is 0. The largest absolute Gasteiger partial charge is 0.380 e. The molecule has 2 aromatic rings. The zero-order valence-corrected chi connectivity index (χ0v) is 12.6. The normalized spacial score (nSPS) is 21.6. The van der Waals surface area contributed by atoms with Crippen LogP contribution in [0.15, 0.2) is 30.5 Å². The van der Waals surface area contributed by atoms with E-state index in [0.717, 1.165) is 12.3 Å². The fourth-order valence-electron chi connectivity index (χ4n) is 2.98. The van der Waals surface area contributed by atoms with Crippen LogP contribution in [-0.4, -0.2) is 15.8 Å². The standard InChI is InChI=1S/C17H23N3/c1-4-16-17(11-20(3)19-16)18-15-9-14(10-15)13-7-5-12(2)6-8-13/h5-8,11,14-15,18H,4,9-10H2,1-3H3. The molecule has 0 amide bonds. The fourth-order valence-corrected chi connectivity index (χ4v) is 2.98. The van der Waals surface area contributed by atoms with Gasteiger partial charge >= 0.3 is 0 Å². The number of benzene rings is 1. The Morgan fingerprint density at radius 2 is 1.95 bits per heavy atom. The first-order valence-electron chi connectivity index (χ1n) is 7.51. The molecule has 3 heteroatoms. The third kappa shape index (κ3) is 2.58. The molecule has 0 atom stereocenters. The molecule has 0 bridgehead atoms. The summed E-state index contributed by atoms with van der Waals surface area (Å²) in [6.45, 7) is 4.30. The van der Waals surface area contributed by atoms with E-state index in [2.05, 4.69) is 54.7 Å². The van der Waals surface area contributed by atoms with Crippen LogP contribution in [0.4, 0.5) is 5.69 Å². The number of nitrogens with one attached hydrogen (secondary N) is 1. The molecule has 0 spiro atoms. The number of rotatable bonds is 4. The van der Waals surface area contributed by atoms with Gasteiger partial charge in [0.15, 0.2) is 0 Å². The van der Waals surface area contributed by atoms with E-state index in [1.807, 2.05) is 11.7 Å². The summed E-state index contributed by atoms with van der Waals surface area (Å²) in [6, 6.07) is 9.57. The molecule has 0 unspecified atom stereocenters. The Morgan fingerprint density at radius 3 is 2.60 bits per heavy atom. The molecule has 1 aromatic heterocycles. The maximum absolute atomic E-state index is 4.48. The predicted molar refractivity (Wildman–Crippen MR) is 83.2 cm³/mol. The minimum atomic E-state index is 0.593. The first-order chi connectivity index (χ1) is 9.65. The zero-order valence-electron chi connectivity index (χ0n) is 12.6. The summed E-state index contributed by atoms with van der Waals surface area (Å²) < 4.78 is 1.90. The fraction of sp³-hybridized carbons (Fsp3) is 0.471. The molecule has 1 heterocycles. The highest BCUT2D eigenvalue weighted by molar-refractivity contribution is 5.48. The van der Waals surface area contributed by atoms with Crippen molar-refractivity contribution in [3.8, 4) is 0 Å². The SMILES string of the molecule is CCc1nn(C)cc1NC1CC(c2ccc(C)cc2)C1. The van der Waals surface area contributed by atoms with Crippen LogP contribution in [-0.2, 0) is 13.5 Å². The van der Waals surface area contributed by atoms with Crippen LogP contribution in [0.5, 0.6) is 0 Å². The topological polar surface area (TPSA) is 29.9 Å². The second kappa shape index (κ2) is 5.31. The average Bonchev–Trinajstić information content (AvgIpc) is 2.75. The van der Waals surface area contributed by atoms with Gasteiger partial charge in [0.1, 0.15) is 0 Å².